The van der Waals surface area contributed by atoms with Gasteiger partial charge in [-0.1, -0.05) is 23.2 Å². The van der Waals surface area contributed by atoms with Crippen LogP contribution in [0.1, 0.15) is 18.9 Å². The van der Waals surface area contributed by atoms with Crippen LogP contribution >= 0.6 is 35.4 Å². The second-order valence-electron chi connectivity index (χ2n) is 5.79. The molecule has 0 aliphatic carbocycles. The summed E-state index contributed by atoms with van der Waals surface area (Å²) in [6.07, 6.45) is 2.53. The Bertz CT molecular complexity index is 728. The van der Waals surface area contributed by atoms with E-state index in [1.54, 1.807) is 0 Å². The van der Waals surface area contributed by atoms with Crippen molar-refractivity contribution in [2.75, 3.05) is 19.6 Å². The van der Waals surface area contributed by atoms with Gasteiger partial charge in [0.05, 0.1) is 27.1 Å². The molecule has 3 fully saturated rings. The van der Waals surface area contributed by atoms with E-state index in [1.807, 2.05) is 12.1 Å². The molecule has 1 N–H and O–H groups in total. The van der Waals surface area contributed by atoms with Crippen molar-refractivity contribution in [3.63, 3.8) is 0 Å². The van der Waals surface area contributed by atoms with Crippen LogP contribution in [0.2, 0.25) is 10.0 Å². The third kappa shape index (κ3) is 1.93. The summed E-state index contributed by atoms with van der Waals surface area (Å²) in [6.45, 7) is 3.54. The first-order valence-electron chi connectivity index (χ1n) is 6.95. The average molecular weight is 328 g/mol. The maximum Gasteiger partial charge on any atom is 0.178 e. The minimum atomic E-state index is 0.455. The van der Waals surface area contributed by atoms with E-state index in [9.17, 15) is 0 Å². The first kappa shape index (κ1) is 13.1. The van der Waals surface area contributed by atoms with Crippen molar-refractivity contribution in [3.8, 4) is 0 Å². The number of fused-ring (bicyclic) bond motifs is 4. The molecule has 0 spiro atoms. The predicted molar refractivity (Wildman–Crippen MR) is 85.3 cm³/mol. The molecule has 0 saturated carbocycles. The van der Waals surface area contributed by atoms with Crippen molar-refractivity contribution < 1.29 is 0 Å². The molecule has 1 aromatic heterocycles. The van der Waals surface area contributed by atoms with Crippen LogP contribution in [0.25, 0.3) is 11.0 Å². The molecule has 0 amide bonds. The molecule has 2 bridgehead atoms. The number of nitrogens with zero attached hydrogens (tertiary/aromatic N) is 2. The fraction of sp³-hybridized carbons (Fsp3) is 0.500. The summed E-state index contributed by atoms with van der Waals surface area (Å²) < 4.78 is 3.03. The molecular weight excluding hydrogens is 313 g/mol. The summed E-state index contributed by atoms with van der Waals surface area (Å²) in [5.41, 5.74) is 2.05. The highest BCUT2D eigenvalue weighted by Gasteiger charge is 2.36. The molecule has 2 aromatic rings. The van der Waals surface area contributed by atoms with Crippen molar-refractivity contribution in [1.29, 1.82) is 0 Å². The molecule has 3 aliphatic rings. The number of hydrogen-bond donors (Lipinski definition) is 1. The third-order valence-electron chi connectivity index (χ3n) is 4.71. The average Bonchev–Trinajstić information content (AvgIpc) is 2.76. The molecule has 5 rings (SSSR count). The van der Waals surface area contributed by atoms with Gasteiger partial charge in [-0.25, -0.2) is 0 Å². The van der Waals surface area contributed by atoms with E-state index in [1.165, 1.54) is 25.9 Å². The highest BCUT2D eigenvalue weighted by molar-refractivity contribution is 7.71. The number of piperidine rings is 3. The SMILES string of the molecule is S=c1[nH]c2cc(Cl)c(Cl)cc2n1C1CN2CCC1CC2. The zero-order chi connectivity index (χ0) is 13.9. The summed E-state index contributed by atoms with van der Waals surface area (Å²) in [5.74, 6) is 0.722. The highest BCUT2D eigenvalue weighted by atomic mass is 35.5. The Morgan fingerprint density at radius 3 is 2.50 bits per heavy atom. The molecule has 6 heteroatoms. The molecule has 3 aliphatic heterocycles. The summed E-state index contributed by atoms with van der Waals surface area (Å²) in [4.78, 5) is 5.80. The van der Waals surface area contributed by atoms with Gasteiger partial charge in [0.15, 0.2) is 4.77 Å². The number of aromatic amines is 1. The van der Waals surface area contributed by atoms with E-state index in [0.717, 1.165) is 28.3 Å². The molecule has 1 aromatic carbocycles. The molecule has 3 saturated heterocycles. The quantitative estimate of drug-likeness (QED) is 0.791. The van der Waals surface area contributed by atoms with E-state index in [0.29, 0.717) is 16.1 Å². The van der Waals surface area contributed by atoms with Crippen molar-refractivity contribution in [2.45, 2.75) is 18.9 Å². The van der Waals surface area contributed by atoms with Gasteiger partial charge in [-0.05, 0) is 56.2 Å². The van der Waals surface area contributed by atoms with E-state index < -0.39 is 0 Å². The van der Waals surface area contributed by atoms with Crippen molar-refractivity contribution in [1.82, 2.24) is 14.5 Å². The summed E-state index contributed by atoms with van der Waals surface area (Å²) >= 11 is 17.8. The summed E-state index contributed by atoms with van der Waals surface area (Å²) in [6, 6.07) is 4.26. The first-order valence-corrected chi connectivity index (χ1v) is 8.11. The van der Waals surface area contributed by atoms with E-state index in [2.05, 4.69) is 14.5 Å². The maximum absolute atomic E-state index is 6.18. The number of rotatable bonds is 1. The van der Waals surface area contributed by atoms with E-state index in [4.69, 9.17) is 35.4 Å². The molecular formula is C14H15Cl2N3S. The zero-order valence-corrected chi connectivity index (χ0v) is 13.2. The molecule has 1 atom stereocenters. The van der Waals surface area contributed by atoms with Gasteiger partial charge >= 0.3 is 0 Å². The van der Waals surface area contributed by atoms with Gasteiger partial charge in [-0.3, -0.25) is 0 Å². The van der Waals surface area contributed by atoms with Crippen LogP contribution in [0.4, 0.5) is 0 Å². The number of benzene rings is 1. The minimum absolute atomic E-state index is 0.455. The van der Waals surface area contributed by atoms with Gasteiger partial charge < -0.3 is 14.5 Å². The minimum Gasteiger partial charge on any atom is -0.331 e. The molecule has 106 valence electrons. The van der Waals surface area contributed by atoms with Crippen molar-refractivity contribution in [3.05, 3.63) is 26.9 Å². The normalized spacial score (nSPS) is 29.2. The van der Waals surface area contributed by atoms with Gasteiger partial charge in [-0.2, -0.15) is 0 Å². The van der Waals surface area contributed by atoms with Crippen molar-refractivity contribution in [2.24, 2.45) is 5.92 Å². The van der Waals surface area contributed by atoms with Crippen LogP contribution in [0.15, 0.2) is 12.1 Å². The lowest BCUT2D eigenvalue weighted by atomic mass is 9.84. The second kappa shape index (κ2) is 4.73. The predicted octanol–water partition coefficient (Wildman–Crippen LogP) is 4.27. The Morgan fingerprint density at radius 2 is 1.85 bits per heavy atom. The monoisotopic (exact) mass is 327 g/mol. The van der Waals surface area contributed by atoms with Crippen LogP contribution in [-0.4, -0.2) is 34.1 Å². The fourth-order valence-corrected chi connectivity index (χ4v) is 4.34. The fourth-order valence-electron chi connectivity index (χ4n) is 3.68. The summed E-state index contributed by atoms with van der Waals surface area (Å²) in [5, 5.41) is 1.15. The van der Waals surface area contributed by atoms with E-state index in [-0.39, 0.29) is 0 Å². The van der Waals surface area contributed by atoms with Crippen LogP contribution < -0.4 is 0 Å². The Balaban J connectivity index is 1.89. The van der Waals surface area contributed by atoms with Crippen molar-refractivity contribution >= 4 is 46.5 Å². The lowest BCUT2D eigenvalue weighted by Crippen LogP contribution is -2.48. The Kier molecular flexibility index (Phi) is 3.11. The maximum atomic E-state index is 6.18. The van der Waals surface area contributed by atoms with Gasteiger partial charge in [0.25, 0.3) is 0 Å². The van der Waals surface area contributed by atoms with Crippen LogP contribution in [-0.2, 0) is 0 Å². The van der Waals surface area contributed by atoms with Gasteiger partial charge in [-0.15, -0.1) is 0 Å². The van der Waals surface area contributed by atoms with Crippen LogP contribution in [0.5, 0.6) is 0 Å². The first-order chi connectivity index (χ1) is 9.63. The Hall–Kier alpha value is -0.550. The number of imidazole rings is 1. The number of H-pyrrole nitrogens is 1. The standard InChI is InChI=1S/C14H15Cl2N3S/c15-9-5-11-12(6-10(9)16)19(14(20)17-11)13-7-18-3-1-8(13)2-4-18/h5-6,8,13H,1-4,7H2,(H,17,20). The summed E-state index contributed by atoms with van der Waals surface area (Å²) in [7, 11) is 0. The second-order valence-corrected chi connectivity index (χ2v) is 6.99. The van der Waals surface area contributed by atoms with Gasteiger partial charge in [0.1, 0.15) is 0 Å². The highest BCUT2D eigenvalue weighted by Crippen LogP contribution is 2.38. The Morgan fingerprint density at radius 1 is 1.15 bits per heavy atom. The lowest BCUT2D eigenvalue weighted by molar-refractivity contribution is 0.0582. The smallest absolute Gasteiger partial charge is 0.178 e. The number of halogens is 2. The largest absolute Gasteiger partial charge is 0.331 e. The molecule has 4 heterocycles. The van der Waals surface area contributed by atoms with Gasteiger partial charge in [0, 0.05) is 6.54 Å². The van der Waals surface area contributed by atoms with Gasteiger partial charge in [0.2, 0.25) is 0 Å². The topological polar surface area (TPSA) is 24.0 Å². The van der Waals surface area contributed by atoms with E-state index >= 15 is 0 Å². The zero-order valence-electron chi connectivity index (χ0n) is 10.9. The molecule has 1 unspecified atom stereocenters. The number of aromatic nitrogens is 2. The van der Waals surface area contributed by atoms with Crippen LogP contribution in [0.3, 0.4) is 0 Å². The third-order valence-corrected chi connectivity index (χ3v) is 5.73. The van der Waals surface area contributed by atoms with Crippen LogP contribution in [0, 0.1) is 10.7 Å². The Labute approximate surface area is 132 Å². The lowest BCUT2D eigenvalue weighted by Gasteiger charge is -2.45. The number of hydrogen-bond acceptors (Lipinski definition) is 2. The molecule has 3 nitrogen and oxygen atoms in total. The number of nitrogens with one attached hydrogen (secondary N) is 1. The molecule has 0 radical (unpaired) electrons. The molecule has 20 heavy (non-hydrogen) atoms.